The first-order valence-corrected chi connectivity index (χ1v) is 41.2. The fourth-order valence-electron chi connectivity index (χ4n) is 12.5. The molecule has 2 heterocycles. The van der Waals surface area contributed by atoms with Crippen molar-refractivity contribution in [3.8, 4) is 0 Å². The Morgan fingerprint density at radius 1 is 0.359 bits per heavy atom. The van der Waals surface area contributed by atoms with E-state index in [1.54, 1.807) is 6.08 Å². The van der Waals surface area contributed by atoms with Gasteiger partial charge < -0.3 is 65.1 Å². The summed E-state index contributed by atoms with van der Waals surface area (Å²) in [5.41, 5.74) is 0. The van der Waals surface area contributed by atoms with Crippen molar-refractivity contribution in [2.24, 2.45) is 0 Å². The van der Waals surface area contributed by atoms with Gasteiger partial charge in [0.15, 0.2) is 12.6 Å². The molecule has 0 aromatic heterocycles. The molecule has 9 N–H and O–H groups in total. The summed E-state index contributed by atoms with van der Waals surface area (Å²) in [5, 5.41) is 87.7. The first-order valence-electron chi connectivity index (χ1n) is 41.2. The van der Waals surface area contributed by atoms with Crippen LogP contribution in [0.2, 0.25) is 0 Å². The molecular weight excluding hydrogens is 1290 g/mol. The summed E-state index contributed by atoms with van der Waals surface area (Å²) in [6.45, 7) is 2.68. The van der Waals surface area contributed by atoms with Crippen LogP contribution in [-0.4, -0.2) is 140 Å². The van der Waals surface area contributed by atoms with Crippen LogP contribution >= 0.6 is 0 Å². The lowest BCUT2D eigenvalue weighted by Gasteiger charge is -2.46. The van der Waals surface area contributed by atoms with Crippen LogP contribution in [0.25, 0.3) is 0 Å². The number of unbranched alkanes of at least 4 members (excludes halogenated alkanes) is 30. The number of aliphatic hydroxyl groups excluding tert-OH is 8. The maximum absolute atomic E-state index is 13.4. The van der Waals surface area contributed by atoms with Crippen LogP contribution in [0.4, 0.5) is 0 Å². The second-order valence-corrected chi connectivity index (χ2v) is 28.2. The van der Waals surface area contributed by atoms with Crippen molar-refractivity contribution in [1.82, 2.24) is 5.32 Å². The van der Waals surface area contributed by atoms with Gasteiger partial charge in [-0.15, -0.1) is 0 Å². The SMILES string of the molecule is CC/C=C\C/C=C\C/C=C\C/C=C\C/C=C\C/C=C\C/C=C\C/C=C\C/C=C\C/C=C\C/C=C\C/C=C\CCCCC(=O)NC(COC1OC(CO)C(OC2OC(CO)C(O)C(O)C2O)C(O)C1O)C(O)/C=C/CCCCCCCCCCCCCCCCCCCCCCCCCCCCCC. The Labute approximate surface area is 626 Å². The Balaban J connectivity index is 1.66. The van der Waals surface area contributed by atoms with E-state index in [9.17, 15) is 45.6 Å². The minimum atomic E-state index is -1.80. The minimum absolute atomic E-state index is 0.216. The Kier molecular flexibility index (Phi) is 64.9. The fraction of sp³-hybridized carbons (Fsp3) is 0.697. The van der Waals surface area contributed by atoms with Crippen molar-refractivity contribution >= 4 is 5.91 Å². The van der Waals surface area contributed by atoms with Gasteiger partial charge in [-0.05, 0) is 109 Å². The average Bonchev–Trinajstić information content (AvgIpc) is 0.791. The number of hydrogen-bond donors (Lipinski definition) is 9. The average molecular weight is 1440 g/mol. The number of allylic oxidation sites excluding steroid dienone is 25. The first kappa shape index (κ1) is 94.7. The summed E-state index contributed by atoms with van der Waals surface area (Å²) in [6.07, 6.45) is 91.8. The summed E-state index contributed by atoms with van der Waals surface area (Å²) in [4.78, 5) is 13.4. The van der Waals surface area contributed by atoms with Crippen molar-refractivity contribution in [1.29, 1.82) is 0 Å². The molecular formula is C89H149NO13. The number of amides is 1. The van der Waals surface area contributed by atoms with Crippen LogP contribution in [0.1, 0.15) is 303 Å². The molecule has 0 spiro atoms. The highest BCUT2D eigenvalue weighted by molar-refractivity contribution is 5.76. The van der Waals surface area contributed by atoms with Crippen LogP contribution in [0.5, 0.6) is 0 Å². The van der Waals surface area contributed by atoms with E-state index in [4.69, 9.17) is 18.9 Å². The highest BCUT2D eigenvalue weighted by Crippen LogP contribution is 2.30. The molecule has 0 radical (unpaired) electrons. The minimum Gasteiger partial charge on any atom is -0.394 e. The molecule has 14 heteroatoms. The van der Waals surface area contributed by atoms with Gasteiger partial charge in [0.1, 0.15) is 48.8 Å². The molecule has 0 aliphatic carbocycles. The monoisotopic (exact) mass is 1440 g/mol. The van der Waals surface area contributed by atoms with Gasteiger partial charge in [0, 0.05) is 6.42 Å². The number of aliphatic hydroxyl groups is 8. The summed E-state index contributed by atoms with van der Waals surface area (Å²) in [5.74, 6) is -0.284. The molecule has 0 aromatic carbocycles. The zero-order chi connectivity index (χ0) is 74.4. The Morgan fingerprint density at radius 2 is 0.670 bits per heavy atom. The number of carbonyl (C=O) groups is 1. The van der Waals surface area contributed by atoms with Crippen molar-refractivity contribution in [2.75, 3.05) is 19.8 Å². The maximum Gasteiger partial charge on any atom is 0.220 e. The molecule has 0 aromatic rings. The summed E-state index contributed by atoms with van der Waals surface area (Å²) in [7, 11) is 0. The summed E-state index contributed by atoms with van der Waals surface area (Å²) < 4.78 is 22.9. The third kappa shape index (κ3) is 53.1. The van der Waals surface area contributed by atoms with Crippen molar-refractivity contribution in [3.63, 3.8) is 0 Å². The molecule has 2 aliphatic rings. The number of nitrogens with one attached hydrogen (secondary N) is 1. The fourth-order valence-corrected chi connectivity index (χ4v) is 12.5. The third-order valence-corrected chi connectivity index (χ3v) is 19.0. The van der Waals surface area contributed by atoms with E-state index < -0.39 is 86.8 Å². The number of rotatable bonds is 67. The van der Waals surface area contributed by atoms with E-state index in [1.165, 1.54) is 161 Å². The van der Waals surface area contributed by atoms with Crippen LogP contribution < -0.4 is 5.32 Å². The van der Waals surface area contributed by atoms with Gasteiger partial charge in [0.25, 0.3) is 0 Å². The van der Waals surface area contributed by atoms with Crippen LogP contribution in [0.3, 0.4) is 0 Å². The van der Waals surface area contributed by atoms with Gasteiger partial charge in [-0.25, -0.2) is 0 Å². The lowest BCUT2D eigenvalue weighted by Crippen LogP contribution is -2.65. The van der Waals surface area contributed by atoms with E-state index in [0.717, 1.165) is 116 Å². The number of ether oxygens (including phenoxy) is 4. The molecule has 2 aliphatic heterocycles. The number of hydrogen-bond acceptors (Lipinski definition) is 13. The smallest absolute Gasteiger partial charge is 0.220 e. The predicted molar refractivity (Wildman–Crippen MR) is 428 cm³/mol. The molecule has 2 rings (SSSR count). The highest BCUT2D eigenvalue weighted by atomic mass is 16.7. The molecule has 14 nitrogen and oxygen atoms in total. The first-order chi connectivity index (χ1) is 50.6. The zero-order valence-electron chi connectivity index (χ0n) is 64.5. The molecule has 588 valence electrons. The molecule has 2 saturated heterocycles. The summed E-state index contributed by atoms with van der Waals surface area (Å²) >= 11 is 0. The quantitative estimate of drug-likeness (QED) is 0.0204. The Bertz CT molecular complexity index is 2350. The molecule has 1 amide bonds. The zero-order valence-corrected chi connectivity index (χ0v) is 64.5. The van der Waals surface area contributed by atoms with Crippen molar-refractivity contribution < 1.29 is 64.6 Å². The van der Waals surface area contributed by atoms with E-state index in [0.29, 0.717) is 6.42 Å². The normalized spacial score (nSPS) is 22.4. The summed E-state index contributed by atoms with van der Waals surface area (Å²) in [6, 6.07) is -0.953. The second kappa shape index (κ2) is 70.6. The molecule has 0 bridgehead atoms. The van der Waals surface area contributed by atoms with E-state index in [-0.39, 0.29) is 18.9 Å². The van der Waals surface area contributed by atoms with Crippen LogP contribution in [-0.2, 0) is 23.7 Å². The number of carbonyl (C=O) groups excluding carboxylic acids is 1. The van der Waals surface area contributed by atoms with Gasteiger partial charge in [0.2, 0.25) is 5.91 Å². The van der Waals surface area contributed by atoms with Gasteiger partial charge in [-0.3, -0.25) is 4.79 Å². The van der Waals surface area contributed by atoms with E-state index in [1.807, 2.05) is 6.08 Å². The molecule has 12 atom stereocenters. The molecule has 2 fully saturated rings. The third-order valence-electron chi connectivity index (χ3n) is 19.0. The molecule has 103 heavy (non-hydrogen) atoms. The molecule has 12 unspecified atom stereocenters. The second-order valence-electron chi connectivity index (χ2n) is 28.2. The predicted octanol–water partition coefficient (Wildman–Crippen LogP) is 19.3. The van der Waals surface area contributed by atoms with Crippen molar-refractivity contribution in [3.05, 3.63) is 158 Å². The molecule has 0 saturated carbocycles. The Morgan fingerprint density at radius 3 is 1.03 bits per heavy atom. The van der Waals surface area contributed by atoms with Gasteiger partial charge in [-0.1, -0.05) is 345 Å². The lowest BCUT2D eigenvalue weighted by atomic mass is 9.97. The van der Waals surface area contributed by atoms with Crippen molar-refractivity contribution in [2.45, 2.75) is 376 Å². The van der Waals surface area contributed by atoms with Gasteiger partial charge in [0.05, 0.1) is 32.0 Å². The van der Waals surface area contributed by atoms with Gasteiger partial charge >= 0.3 is 0 Å². The van der Waals surface area contributed by atoms with Crippen LogP contribution in [0, 0.1) is 0 Å². The van der Waals surface area contributed by atoms with E-state index in [2.05, 4.69) is 165 Å². The van der Waals surface area contributed by atoms with E-state index >= 15 is 0 Å². The maximum atomic E-state index is 13.4. The highest BCUT2D eigenvalue weighted by Gasteiger charge is 2.51. The standard InChI is InChI=1S/C89H149NO13/c1-3-5-7-9-11-13-15-17-19-21-23-25-27-29-31-33-35-36-37-38-39-40-41-42-43-45-47-49-51-53-55-57-59-61-63-65-67-69-71-73-81(94)90-77(76-100-88-86(99)84(97)87(80(75-92)102-88)103-89-85(98)83(96)82(95)79(74-91)101-89)78(93)72-70-68-66-64-62-60-58-56-54-52-50-48-46-44-34-32-30-28-26-24-22-20-18-16-14-12-10-8-6-4-2/h5,7,11,13,17,19,23,25,29,31,35-36,38-39,41-42,45,47,51,53,57,59,63,65,70,72,77-80,82-89,91-93,95-99H,3-4,6,8-10,12,14-16,18,20-22,24,26-28,30,32-34,37,40,43-44,46,48-50,52,54-56,58,60-62,64,66-69,71,73-76H2,1-2H3,(H,90,94)/b7-5-,13-11-,19-17-,25-23-,31-29-,36-35-,39-38-,42-41-,47-45-,53-51-,59-57-,65-63-,72-70+. The largest absolute Gasteiger partial charge is 0.394 e. The Hall–Kier alpha value is -4.39. The van der Waals surface area contributed by atoms with Gasteiger partial charge in [-0.2, -0.15) is 0 Å². The lowest BCUT2D eigenvalue weighted by molar-refractivity contribution is -0.359. The van der Waals surface area contributed by atoms with Crippen LogP contribution in [0.15, 0.2) is 158 Å². The topological polar surface area (TPSA) is 228 Å².